The molecular weight excluding hydrogens is 199 g/mol. The summed E-state index contributed by atoms with van der Waals surface area (Å²) in [7, 11) is 0. The monoisotopic (exact) mass is 208 g/mol. The van der Waals surface area contributed by atoms with Crippen molar-refractivity contribution in [3.63, 3.8) is 0 Å². The van der Waals surface area contributed by atoms with Crippen LogP contribution in [-0.4, -0.2) is 50.3 Å². The predicted octanol–water partition coefficient (Wildman–Crippen LogP) is -0.348. The first kappa shape index (κ1) is 7.72. The van der Waals surface area contributed by atoms with Crippen LogP contribution in [0.5, 0.6) is 0 Å². The molecule has 0 unspecified atom stereocenters. The quantitative estimate of drug-likeness (QED) is 0.505. The maximum absolute atomic E-state index is 4.94. The van der Waals surface area contributed by atoms with Crippen LogP contribution >= 0.6 is 0 Å². The van der Waals surface area contributed by atoms with Crippen LogP contribution in [0.4, 0.5) is 0 Å². The molecule has 0 aromatic carbocycles. The minimum absolute atomic E-state index is 0. The second-order valence-corrected chi connectivity index (χ2v) is 1.22. The molecule has 0 bridgehead atoms. The average Bonchev–Trinajstić information content (AvgIpc) is 1.72. The Morgan fingerprint density at radius 2 is 1.00 bits per heavy atom. The summed E-state index contributed by atoms with van der Waals surface area (Å²) in [4.78, 5) is 0. The van der Waals surface area contributed by atoms with Crippen molar-refractivity contribution in [2.45, 2.75) is 0 Å². The van der Waals surface area contributed by atoms with Crippen LogP contribution in [0.2, 0.25) is 0 Å². The van der Waals surface area contributed by atoms with Crippen molar-refractivity contribution in [1.29, 1.82) is 0 Å². The van der Waals surface area contributed by atoms with Gasteiger partial charge in [0, 0.05) is 23.9 Å². The van der Waals surface area contributed by atoms with Gasteiger partial charge in [0.05, 0.1) is 26.4 Å². The zero-order valence-electron chi connectivity index (χ0n) is 4.14. The van der Waals surface area contributed by atoms with Crippen molar-refractivity contribution in [1.82, 2.24) is 0 Å². The van der Waals surface area contributed by atoms with Gasteiger partial charge in [-0.05, 0) is 0 Å². The van der Waals surface area contributed by atoms with Crippen molar-refractivity contribution in [2.75, 3.05) is 26.4 Å². The molecule has 0 N–H and O–H groups in total. The van der Waals surface area contributed by atoms with Crippen LogP contribution in [0.3, 0.4) is 0 Å². The van der Waals surface area contributed by atoms with Gasteiger partial charge in [-0.2, -0.15) is 0 Å². The molecule has 1 aliphatic rings. The maximum atomic E-state index is 4.94. The second kappa shape index (κ2) is 4.87. The van der Waals surface area contributed by atoms with Gasteiger partial charge in [0.25, 0.3) is 0 Å². The summed E-state index contributed by atoms with van der Waals surface area (Å²) in [5.41, 5.74) is 0. The Morgan fingerprint density at radius 1 is 0.714 bits per heavy atom. The fourth-order valence-electron chi connectivity index (χ4n) is 0.440. The second-order valence-electron chi connectivity index (χ2n) is 1.22. The Balaban J connectivity index is 0.000000360. The van der Waals surface area contributed by atoms with E-state index in [0.29, 0.717) is 0 Å². The van der Waals surface area contributed by atoms with E-state index in [1.165, 1.54) is 0 Å². The van der Waals surface area contributed by atoms with E-state index in [1.807, 2.05) is 0 Å². The minimum atomic E-state index is 0. The first-order chi connectivity index (χ1) is 3.00. The Hall–Kier alpha value is 0.719. The third-order valence-electron chi connectivity index (χ3n) is 0.744. The van der Waals surface area contributed by atoms with Gasteiger partial charge in [-0.1, -0.05) is 0 Å². The van der Waals surface area contributed by atoms with Gasteiger partial charge in [0.1, 0.15) is 0 Å². The van der Waals surface area contributed by atoms with Gasteiger partial charge in [0.15, 0.2) is 0 Å². The van der Waals surface area contributed by atoms with Crippen molar-refractivity contribution in [3.05, 3.63) is 0 Å². The van der Waals surface area contributed by atoms with Crippen molar-refractivity contribution >= 4 is 23.9 Å². The summed E-state index contributed by atoms with van der Waals surface area (Å²) in [6.45, 7) is 3.11. The fraction of sp³-hybridized carbons (Fsp3) is 1.00. The molecule has 1 rings (SSSR count). The van der Waals surface area contributed by atoms with Gasteiger partial charge in [-0.3, -0.25) is 0 Å². The first-order valence-electron chi connectivity index (χ1n) is 2.15. The summed E-state index contributed by atoms with van der Waals surface area (Å²) in [5.74, 6) is 0. The molecule has 0 atom stereocenters. The van der Waals surface area contributed by atoms with Crippen LogP contribution in [0.15, 0.2) is 0 Å². The Morgan fingerprint density at radius 3 is 1.14 bits per heavy atom. The Labute approximate surface area is 60.1 Å². The van der Waals surface area contributed by atoms with E-state index in [1.54, 1.807) is 0 Å². The average molecular weight is 207 g/mol. The standard InChI is InChI=1S/C4H8O2.Sn/c1-2-6-4-3-5-1;/h1-4H2;. The van der Waals surface area contributed by atoms with Crippen molar-refractivity contribution in [3.8, 4) is 0 Å². The van der Waals surface area contributed by atoms with Crippen LogP contribution in [0, 0.1) is 0 Å². The summed E-state index contributed by atoms with van der Waals surface area (Å²) >= 11 is 0. The molecule has 7 heavy (non-hydrogen) atoms. The molecular formula is C4H8O2Sn. The smallest absolute Gasteiger partial charge is 0.0701 e. The SMILES string of the molecule is C1COCCO1.[Sn]. The van der Waals surface area contributed by atoms with E-state index in [2.05, 4.69) is 0 Å². The zero-order valence-corrected chi connectivity index (χ0v) is 7.00. The molecule has 2 nitrogen and oxygen atoms in total. The molecule has 0 aromatic rings. The van der Waals surface area contributed by atoms with Gasteiger partial charge in [-0.15, -0.1) is 0 Å². The number of rotatable bonds is 0. The maximum Gasteiger partial charge on any atom is 0.0701 e. The van der Waals surface area contributed by atoms with Crippen LogP contribution in [0.25, 0.3) is 0 Å². The normalized spacial score (nSPS) is 20.6. The van der Waals surface area contributed by atoms with Gasteiger partial charge < -0.3 is 9.47 Å². The summed E-state index contributed by atoms with van der Waals surface area (Å²) in [6, 6.07) is 0. The minimum Gasteiger partial charge on any atom is -0.377 e. The fourth-order valence-corrected chi connectivity index (χ4v) is 0.440. The van der Waals surface area contributed by atoms with Gasteiger partial charge >= 0.3 is 0 Å². The van der Waals surface area contributed by atoms with Crippen LogP contribution < -0.4 is 0 Å². The molecule has 0 spiro atoms. The largest absolute Gasteiger partial charge is 0.377 e. The molecule has 1 saturated heterocycles. The molecule has 0 aromatic heterocycles. The topological polar surface area (TPSA) is 18.5 Å². The Kier molecular flexibility index (Phi) is 5.37. The number of hydrogen-bond acceptors (Lipinski definition) is 2. The predicted molar refractivity (Wildman–Crippen MR) is 27.4 cm³/mol. The zero-order chi connectivity index (χ0) is 4.24. The molecule has 1 heterocycles. The number of ether oxygens (including phenoxy) is 2. The van der Waals surface area contributed by atoms with Crippen LogP contribution in [0.1, 0.15) is 0 Å². The molecule has 4 radical (unpaired) electrons. The van der Waals surface area contributed by atoms with E-state index in [4.69, 9.17) is 9.47 Å². The van der Waals surface area contributed by atoms with E-state index in [-0.39, 0.29) is 23.9 Å². The summed E-state index contributed by atoms with van der Waals surface area (Å²) < 4.78 is 9.89. The van der Waals surface area contributed by atoms with E-state index in [9.17, 15) is 0 Å². The van der Waals surface area contributed by atoms with E-state index < -0.39 is 0 Å². The van der Waals surface area contributed by atoms with E-state index in [0.717, 1.165) is 26.4 Å². The third kappa shape index (κ3) is 3.31. The third-order valence-corrected chi connectivity index (χ3v) is 0.744. The van der Waals surface area contributed by atoms with Gasteiger partial charge in [0.2, 0.25) is 0 Å². The Bertz CT molecular complexity index is 25.2. The molecule has 1 aliphatic heterocycles. The van der Waals surface area contributed by atoms with Crippen molar-refractivity contribution in [2.24, 2.45) is 0 Å². The number of hydrogen-bond donors (Lipinski definition) is 0. The molecule has 3 heteroatoms. The van der Waals surface area contributed by atoms with Gasteiger partial charge in [-0.25, -0.2) is 0 Å². The molecule has 0 amide bonds. The summed E-state index contributed by atoms with van der Waals surface area (Å²) in [6.07, 6.45) is 0. The molecule has 40 valence electrons. The van der Waals surface area contributed by atoms with E-state index >= 15 is 0 Å². The molecule has 1 fully saturated rings. The van der Waals surface area contributed by atoms with Crippen LogP contribution in [-0.2, 0) is 9.47 Å². The summed E-state index contributed by atoms with van der Waals surface area (Å²) in [5, 5.41) is 0. The van der Waals surface area contributed by atoms with Crippen molar-refractivity contribution < 1.29 is 9.47 Å². The molecule has 0 saturated carbocycles. The molecule has 0 aliphatic carbocycles. The first-order valence-corrected chi connectivity index (χ1v) is 2.15.